The van der Waals surface area contributed by atoms with E-state index in [0.717, 1.165) is 5.56 Å². The fourth-order valence-electron chi connectivity index (χ4n) is 1.72. The van der Waals surface area contributed by atoms with E-state index in [1.165, 1.54) is 18.3 Å². The van der Waals surface area contributed by atoms with Crippen LogP contribution in [0.4, 0.5) is 0 Å². The summed E-state index contributed by atoms with van der Waals surface area (Å²) in [5, 5.41) is 21.1. The Kier molecular flexibility index (Phi) is 5.00. The summed E-state index contributed by atoms with van der Waals surface area (Å²) in [6, 6.07) is 12.2. The van der Waals surface area contributed by atoms with E-state index in [0.29, 0.717) is 6.61 Å². The summed E-state index contributed by atoms with van der Waals surface area (Å²) in [5.74, 6) is -1.07. The molecule has 2 aromatic rings. The highest BCUT2D eigenvalue weighted by atomic mass is 16.5. The molecule has 2 rings (SSSR count). The molecule has 6 heteroatoms. The lowest BCUT2D eigenvalue weighted by Crippen LogP contribution is -2.13. The molecular weight excluding hydrogens is 272 g/mol. The number of ether oxygens (including phenoxy) is 1. The minimum atomic E-state index is -1.07. The van der Waals surface area contributed by atoms with Gasteiger partial charge in [-0.15, -0.1) is 0 Å². The van der Waals surface area contributed by atoms with Crippen molar-refractivity contribution in [1.29, 1.82) is 0 Å². The Balaban J connectivity index is 2.00. The van der Waals surface area contributed by atoms with Gasteiger partial charge in [-0.05, 0) is 17.7 Å². The number of aromatic carboxylic acids is 1. The zero-order valence-corrected chi connectivity index (χ0v) is 11.1. The fourth-order valence-corrected chi connectivity index (χ4v) is 1.72. The lowest BCUT2D eigenvalue weighted by atomic mass is 10.2. The van der Waals surface area contributed by atoms with Crippen molar-refractivity contribution in [3.63, 3.8) is 0 Å². The molecule has 0 saturated heterocycles. The normalized spacial score (nSPS) is 11.3. The van der Waals surface area contributed by atoms with E-state index in [4.69, 9.17) is 15.1 Å². The average molecular weight is 286 g/mol. The Bertz CT molecular complexity index is 641. The van der Waals surface area contributed by atoms with Gasteiger partial charge in [0.2, 0.25) is 0 Å². The number of nitrogens with zero attached hydrogens (tertiary/aromatic N) is 2. The molecule has 2 N–H and O–H groups in total. The van der Waals surface area contributed by atoms with Crippen LogP contribution in [0.1, 0.15) is 21.6 Å². The summed E-state index contributed by atoms with van der Waals surface area (Å²) in [6.07, 6.45) is 1.35. The Hall–Kier alpha value is -2.73. The Morgan fingerprint density at radius 1 is 1.24 bits per heavy atom. The van der Waals surface area contributed by atoms with E-state index in [1.54, 1.807) is 0 Å². The number of oxime groups is 1. The lowest BCUT2D eigenvalue weighted by Gasteiger charge is -2.06. The van der Waals surface area contributed by atoms with E-state index in [9.17, 15) is 4.79 Å². The maximum Gasteiger partial charge on any atom is 0.335 e. The average Bonchev–Trinajstić information content (AvgIpc) is 2.52. The molecule has 108 valence electrons. The smallest absolute Gasteiger partial charge is 0.335 e. The number of pyridine rings is 1. The van der Waals surface area contributed by atoms with Crippen LogP contribution in [-0.4, -0.2) is 33.6 Å². The van der Waals surface area contributed by atoms with Crippen LogP contribution in [0, 0.1) is 0 Å². The van der Waals surface area contributed by atoms with Crippen LogP contribution in [0.5, 0.6) is 0 Å². The molecule has 1 heterocycles. The maximum absolute atomic E-state index is 10.9. The minimum Gasteiger partial charge on any atom is -0.478 e. The first-order valence-corrected chi connectivity index (χ1v) is 6.23. The molecule has 0 aliphatic carbocycles. The molecule has 0 radical (unpaired) electrons. The van der Waals surface area contributed by atoms with E-state index in [1.807, 2.05) is 30.3 Å². The van der Waals surface area contributed by atoms with E-state index in [-0.39, 0.29) is 23.6 Å². The monoisotopic (exact) mass is 286 g/mol. The van der Waals surface area contributed by atoms with Crippen molar-refractivity contribution in [3.8, 4) is 0 Å². The second-order valence-electron chi connectivity index (χ2n) is 4.26. The molecule has 0 spiro atoms. The first-order valence-electron chi connectivity index (χ1n) is 6.23. The molecule has 0 aliphatic heterocycles. The molecule has 0 fully saturated rings. The van der Waals surface area contributed by atoms with Crippen molar-refractivity contribution in [2.45, 2.75) is 6.61 Å². The SMILES string of the molecule is O=C(O)c1ccnc(/C(COCc2ccccc2)=N/O)c1. The summed E-state index contributed by atoms with van der Waals surface area (Å²) in [5.41, 5.74) is 1.51. The molecule has 6 nitrogen and oxygen atoms in total. The van der Waals surface area contributed by atoms with E-state index < -0.39 is 5.97 Å². The van der Waals surface area contributed by atoms with Crippen molar-refractivity contribution >= 4 is 11.7 Å². The van der Waals surface area contributed by atoms with Gasteiger partial charge in [0.15, 0.2) is 0 Å². The van der Waals surface area contributed by atoms with Gasteiger partial charge in [0.25, 0.3) is 0 Å². The van der Waals surface area contributed by atoms with Crippen LogP contribution in [0.15, 0.2) is 53.8 Å². The second-order valence-corrected chi connectivity index (χ2v) is 4.26. The summed E-state index contributed by atoms with van der Waals surface area (Å²) in [4.78, 5) is 14.9. The zero-order valence-electron chi connectivity index (χ0n) is 11.1. The van der Waals surface area contributed by atoms with Crippen LogP contribution in [0.3, 0.4) is 0 Å². The molecule has 0 saturated carbocycles. The molecule has 0 bridgehead atoms. The van der Waals surface area contributed by atoms with Crippen LogP contribution >= 0.6 is 0 Å². The van der Waals surface area contributed by atoms with Crippen molar-refractivity contribution in [2.24, 2.45) is 5.16 Å². The van der Waals surface area contributed by atoms with Crippen LogP contribution < -0.4 is 0 Å². The second kappa shape index (κ2) is 7.16. The van der Waals surface area contributed by atoms with Gasteiger partial charge < -0.3 is 15.1 Å². The number of carboxylic acids is 1. The highest BCUT2D eigenvalue weighted by Crippen LogP contribution is 2.06. The molecule has 1 aromatic heterocycles. The largest absolute Gasteiger partial charge is 0.478 e. The lowest BCUT2D eigenvalue weighted by molar-refractivity contribution is 0.0696. The number of hydrogen-bond donors (Lipinski definition) is 2. The van der Waals surface area contributed by atoms with Crippen LogP contribution in [0.25, 0.3) is 0 Å². The summed E-state index contributed by atoms with van der Waals surface area (Å²) < 4.78 is 5.45. The third-order valence-electron chi connectivity index (χ3n) is 2.77. The van der Waals surface area contributed by atoms with Crippen molar-refractivity contribution < 1.29 is 19.8 Å². The molecule has 0 atom stereocenters. The molecular formula is C15H14N2O4. The van der Waals surface area contributed by atoms with E-state index >= 15 is 0 Å². The van der Waals surface area contributed by atoms with Gasteiger partial charge in [-0.25, -0.2) is 4.79 Å². The number of carbonyl (C=O) groups is 1. The number of aromatic nitrogens is 1. The molecule has 1 aromatic carbocycles. The van der Waals surface area contributed by atoms with Gasteiger partial charge in [-0.1, -0.05) is 35.5 Å². The maximum atomic E-state index is 10.9. The standard InChI is InChI=1S/C15H14N2O4/c18-15(19)12-6-7-16-13(8-12)14(17-20)10-21-9-11-4-2-1-3-5-11/h1-8,20H,9-10H2,(H,18,19)/b17-14+. The first-order chi connectivity index (χ1) is 10.2. The van der Waals surface area contributed by atoms with Gasteiger partial charge >= 0.3 is 5.97 Å². The van der Waals surface area contributed by atoms with Crippen LogP contribution in [0.2, 0.25) is 0 Å². The third kappa shape index (κ3) is 4.12. The topological polar surface area (TPSA) is 92.0 Å². The quantitative estimate of drug-likeness (QED) is 0.482. The number of benzene rings is 1. The van der Waals surface area contributed by atoms with Crippen molar-refractivity contribution in [2.75, 3.05) is 6.61 Å². The minimum absolute atomic E-state index is 0.0292. The Labute approximate surface area is 121 Å². The third-order valence-corrected chi connectivity index (χ3v) is 2.77. The van der Waals surface area contributed by atoms with Gasteiger partial charge in [0, 0.05) is 6.20 Å². The molecule has 0 aliphatic rings. The fraction of sp³-hybridized carbons (Fsp3) is 0.133. The van der Waals surface area contributed by atoms with Gasteiger partial charge in [-0.2, -0.15) is 0 Å². The van der Waals surface area contributed by atoms with Gasteiger partial charge in [0.05, 0.1) is 24.5 Å². The van der Waals surface area contributed by atoms with Gasteiger partial charge in [0.1, 0.15) is 5.71 Å². The van der Waals surface area contributed by atoms with Crippen LogP contribution in [-0.2, 0) is 11.3 Å². The number of carboxylic acid groups (broad SMARTS) is 1. The van der Waals surface area contributed by atoms with Crippen molar-refractivity contribution in [1.82, 2.24) is 4.98 Å². The van der Waals surface area contributed by atoms with Gasteiger partial charge in [-0.3, -0.25) is 4.98 Å². The molecule has 21 heavy (non-hydrogen) atoms. The number of hydrogen-bond acceptors (Lipinski definition) is 5. The van der Waals surface area contributed by atoms with E-state index in [2.05, 4.69) is 10.1 Å². The predicted molar refractivity (Wildman–Crippen MR) is 75.6 cm³/mol. The molecule has 0 unspecified atom stereocenters. The highest BCUT2D eigenvalue weighted by molar-refractivity contribution is 6.01. The summed E-state index contributed by atoms with van der Waals surface area (Å²) in [7, 11) is 0. The Morgan fingerprint density at radius 3 is 2.67 bits per heavy atom. The predicted octanol–water partition coefficient (Wildman–Crippen LogP) is 2.17. The zero-order chi connectivity index (χ0) is 15.1. The Morgan fingerprint density at radius 2 is 2.00 bits per heavy atom. The molecule has 0 amide bonds. The summed E-state index contributed by atoms with van der Waals surface area (Å²) >= 11 is 0. The highest BCUT2D eigenvalue weighted by Gasteiger charge is 2.10. The number of rotatable bonds is 6. The first kappa shape index (κ1) is 14.7. The van der Waals surface area contributed by atoms with Crippen molar-refractivity contribution in [3.05, 3.63) is 65.5 Å². The summed E-state index contributed by atoms with van der Waals surface area (Å²) in [6.45, 7) is 0.389.